The Kier molecular flexibility index (Phi) is 3.50. The molecule has 3 rings (SSSR count). The molecular formula is C14H12FN5O2. The minimum atomic E-state index is -0.518. The van der Waals surface area contributed by atoms with Crippen molar-refractivity contribution in [1.29, 1.82) is 0 Å². The van der Waals surface area contributed by atoms with Gasteiger partial charge in [-0.3, -0.25) is 20.1 Å². The summed E-state index contributed by atoms with van der Waals surface area (Å²) >= 11 is 0. The van der Waals surface area contributed by atoms with E-state index >= 15 is 0 Å². The van der Waals surface area contributed by atoms with Crippen LogP contribution in [0.4, 0.5) is 10.4 Å². The molecule has 22 heavy (non-hydrogen) atoms. The van der Waals surface area contributed by atoms with Crippen molar-refractivity contribution in [2.45, 2.75) is 19.8 Å². The van der Waals surface area contributed by atoms with E-state index in [0.717, 1.165) is 6.20 Å². The molecule has 0 radical (unpaired) electrons. The van der Waals surface area contributed by atoms with Crippen LogP contribution in [0.3, 0.4) is 0 Å². The normalized spacial score (nSPS) is 11.1. The second-order valence-electron chi connectivity index (χ2n) is 4.95. The summed E-state index contributed by atoms with van der Waals surface area (Å²) in [4.78, 5) is 24.3. The Balaban J connectivity index is 1.91. The van der Waals surface area contributed by atoms with Crippen LogP contribution in [-0.4, -0.2) is 26.0 Å². The summed E-state index contributed by atoms with van der Waals surface area (Å²) in [6.45, 7) is 3.82. The summed E-state index contributed by atoms with van der Waals surface area (Å²) in [6, 6.07) is 2.70. The van der Waals surface area contributed by atoms with E-state index in [2.05, 4.69) is 25.4 Å². The van der Waals surface area contributed by atoms with Crippen molar-refractivity contribution in [2.24, 2.45) is 0 Å². The third kappa shape index (κ3) is 2.62. The highest BCUT2D eigenvalue weighted by molar-refractivity contribution is 6.10. The number of rotatable bonds is 3. The Hall–Kier alpha value is -2.90. The van der Waals surface area contributed by atoms with Crippen LogP contribution in [-0.2, 0) is 0 Å². The molecule has 8 heteroatoms. The molecule has 0 aliphatic carbocycles. The third-order valence-corrected chi connectivity index (χ3v) is 2.97. The highest BCUT2D eigenvalue weighted by atomic mass is 19.1. The quantitative estimate of drug-likeness (QED) is 0.799. The number of amides is 1. The smallest absolute Gasteiger partial charge is 0.315 e. The number of hydrogen-bond acceptors (Lipinski definition) is 6. The number of nitrogens with one attached hydrogen (secondary N) is 1. The Morgan fingerprint density at radius 1 is 1.36 bits per heavy atom. The van der Waals surface area contributed by atoms with Crippen LogP contribution in [0.5, 0.6) is 0 Å². The van der Waals surface area contributed by atoms with Gasteiger partial charge in [0.15, 0.2) is 5.82 Å². The lowest BCUT2D eigenvalue weighted by atomic mass is 10.2. The number of pyridine rings is 2. The van der Waals surface area contributed by atoms with Gasteiger partial charge in [0.25, 0.3) is 5.91 Å². The molecule has 0 aromatic carbocycles. The summed E-state index contributed by atoms with van der Waals surface area (Å²) in [7, 11) is 0. The Morgan fingerprint density at radius 3 is 2.91 bits per heavy atom. The number of hydrogen-bond donors (Lipinski definition) is 1. The molecule has 0 saturated heterocycles. The second-order valence-corrected chi connectivity index (χ2v) is 4.95. The lowest BCUT2D eigenvalue weighted by molar-refractivity contribution is 0.102. The van der Waals surface area contributed by atoms with Crippen molar-refractivity contribution in [3.8, 4) is 0 Å². The Labute approximate surface area is 124 Å². The lowest BCUT2D eigenvalue weighted by Gasteiger charge is -2.04. The van der Waals surface area contributed by atoms with Crippen molar-refractivity contribution >= 4 is 23.0 Å². The van der Waals surface area contributed by atoms with Gasteiger partial charge in [-0.15, -0.1) is 0 Å². The van der Waals surface area contributed by atoms with Gasteiger partial charge in [-0.05, 0) is 6.07 Å². The number of carbonyl (C=O) groups is 1. The average Bonchev–Trinajstić information content (AvgIpc) is 2.95. The van der Waals surface area contributed by atoms with Crippen LogP contribution >= 0.6 is 0 Å². The average molecular weight is 301 g/mol. The predicted molar refractivity (Wildman–Crippen MR) is 75.8 cm³/mol. The summed E-state index contributed by atoms with van der Waals surface area (Å²) in [5.74, 6) is -0.419. The van der Waals surface area contributed by atoms with Gasteiger partial charge in [-0.1, -0.05) is 19.0 Å². The van der Waals surface area contributed by atoms with Crippen LogP contribution in [0.25, 0.3) is 11.0 Å². The summed E-state index contributed by atoms with van der Waals surface area (Å²) in [5, 5.41) is 6.26. The fourth-order valence-electron chi connectivity index (χ4n) is 1.87. The number of nitrogens with zero attached hydrogens (tertiary/aromatic N) is 4. The largest absolute Gasteiger partial charge is 0.328 e. The van der Waals surface area contributed by atoms with Crippen LogP contribution < -0.4 is 5.32 Å². The molecule has 3 aromatic heterocycles. The maximum Gasteiger partial charge on any atom is 0.328 e. The highest BCUT2D eigenvalue weighted by Crippen LogP contribution is 2.17. The Bertz CT molecular complexity index is 846. The number of halogens is 1. The molecule has 0 aliphatic heterocycles. The number of aromatic nitrogens is 4. The van der Waals surface area contributed by atoms with E-state index in [0.29, 0.717) is 16.9 Å². The minimum Gasteiger partial charge on any atom is -0.315 e. The van der Waals surface area contributed by atoms with E-state index in [1.165, 1.54) is 18.3 Å². The topological polar surface area (TPSA) is 93.8 Å². The van der Waals surface area contributed by atoms with Crippen molar-refractivity contribution in [1.82, 2.24) is 20.1 Å². The number of fused-ring (bicyclic) bond motifs is 1. The van der Waals surface area contributed by atoms with Crippen LogP contribution in [0.1, 0.15) is 35.9 Å². The molecule has 1 N–H and O–H groups in total. The fourth-order valence-corrected chi connectivity index (χ4v) is 1.87. The van der Waals surface area contributed by atoms with Gasteiger partial charge in [0.2, 0.25) is 0 Å². The maximum atomic E-state index is 13.2. The van der Waals surface area contributed by atoms with E-state index in [9.17, 15) is 9.18 Å². The molecular weight excluding hydrogens is 289 g/mol. The molecule has 3 heterocycles. The number of carbonyl (C=O) groups excluding carboxylic acids is 1. The van der Waals surface area contributed by atoms with Crippen molar-refractivity contribution in [3.05, 3.63) is 41.7 Å². The first-order valence-electron chi connectivity index (χ1n) is 6.60. The summed E-state index contributed by atoms with van der Waals surface area (Å²) in [5.41, 5.74) is 0.834. The van der Waals surface area contributed by atoms with Crippen molar-refractivity contribution in [3.63, 3.8) is 0 Å². The van der Waals surface area contributed by atoms with Crippen LogP contribution in [0.15, 0.2) is 29.0 Å². The standard InChI is InChI=1S/C14H12FN5O2/c1-7(2)12-18-14(22-20-12)19-13(21)9-3-4-16-10-5-8(15)6-17-11(9)10/h3-7H,1-2H3,(H,18,19,20,21). The second kappa shape index (κ2) is 5.47. The van der Waals surface area contributed by atoms with E-state index < -0.39 is 11.7 Å². The van der Waals surface area contributed by atoms with Gasteiger partial charge in [0, 0.05) is 18.2 Å². The zero-order valence-corrected chi connectivity index (χ0v) is 11.9. The molecule has 0 saturated carbocycles. The highest BCUT2D eigenvalue weighted by Gasteiger charge is 2.16. The molecule has 1 amide bonds. The molecule has 0 spiro atoms. The lowest BCUT2D eigenvalue weighted by Crippen LogP contribution is -2.13. The summed E-state index contributed by atoms with van der Waals surface area (Å²) in [6.07, 6.45) is 2.44. The zero-order chi connectivity index (χ0) is 15.7. The van der Waals surface area contributed by atoms with E-state index in [4.69, 9.17) is 4.52 Å². The van der Waals surface area contributed by atoms with Gasteiger partial charge in [0.1, 0.15) is 11.3 Å². The third-order valence-electron chi connectivity index (χ3n) is 2.97. The van der Waals surface area contributed by atoms with Gasteiger partial charge >= 0.3 is 6.01 Å². The first kappa shape index (κ1) is 14.1. The first-order valence-corrected chi connectivity index (χ1v) is 6.60. The molecule has 0 fully saturated rings. The van der Waals surface area contributed by atoms with E-state index in [1.54, 1.807) is 0 Å². The number of anilines is 1. The SMILES string of the molecule is CC(C)c1noc(NC(=O)c2ccnc3cc(F)cnc23)n1. The van der Waals surface area contributed by atoms with Crippen molar-refractivity contribution in [2.75, 3.05) is 5.32 Å². The van der Waals surface area contributed by atoms with Crippen LogP contribution in [0.2, 0.25) is 0 Å². The van der Waals surface area contributed by atoms with E-state index in [1.807, 2.05) is 13.8 Å². The van der Waals surface area contributed by atoms with E-state index in [-0.39, 0.29) is 17.5 Å². The molecule has 0 aliphatic rings. The molecule has 112 valence electrons. The van der Waals surface area contributed by atoms with Crippen molar-refractivity contribution < 1.29 is 13.7 Å². The monoisotopic (exact) mass is 301 g/mol. The molecule has 0 atom stereocenters. The maximum absolute atomic E-state index is 13.2. The summed E-state index contributed by atoms with van der Waals surface area (Å²) < 4.78 is 18.1. The minimum absolute atomic E-state index is 0.000717. The van der Waals surface area contributed by atoms with Gasteiger partial charge in [0.05, 0.1) is 17.3 Å². The van der Waals surface area contributed by atoms with Gasteiger partial charge < -0.3 is 4.52 Å². The Morgan fingerprint density at radius 2 is 2.18 bits per heavy atom. The molecule has 7 nitrogen and oxygen atoms in total. The van der Waals surface area contributed by atoms with Crippen LogP contribution in [0, 0.1) is 5.82 Å². The van der Waals surface area contributed by atoms with Gasteiger partial charge in [-0.25, -0.2) is 4.39 Å². The fraction of sp³-hybridized carbons (Fsp3) is 0.214. The molecule has 0 bridgehead atoms. The first-order chi connectivity index (χ1) is 10.5. The van der Waals surface area contributed by atoms with Gasteiger partial charge in [-0.2, -0.15) is 4.98 Å². The molecule has 0 unspecified atom stereocenters. The predicted octanol–water partition coefficient (Wildman–Crippen LogP) is 2.53. The zero-order valence-electron chi connectivity index (χ0n) is 11.9. The molecule has 3 aromatic rings.